The lowest BCUT2D eigenvalue weighted by atomic mass is 10.1. The highest BCUT2D eigenvalue weighted by molar-refractivity contribution is 8.21. The molecule has 1 aromatic carbocycles. The van der Waals surface area contributed by atoms with Crippen LogP contribution in [0.3, 0.4) is 0 Å². The minimum absolute atomic E-state index is 0.108. The van der Waals surface area contributed by atoms with Crippen LogP contribution in [0, 0.1) is 0 Å². The molecule has 5 nitrogen and oxygen atoms in total. The van der Waals surface area contributed by atoms with Crippen LogP contribution in [0.4, 0.5) is 0 Å². The SMILES string of the molecule is CSC(=CC(=O)[C@@H]1O[C@H](c2ccccc2)OC[C@H]1OC=O)SC. The molecule has 0 N–H and O–H groups in total. The van der Waals surface area contributed by atoms with Gasteiger partial charge in [0.1, 0.15) is 0 Å². The first kappa shape index (κ1) is 18.1. The molecule has 3 atom stereocenters. The highest BCUT2D eigenvalue weighted by atomic mass is 32.2. The van der Waals surface area contributed by atoms with E-state index < -0.39 is 18.5 Å². The Hall–Kier alpha value is -1.28. The Labute approximate surface area is 143 Å². The van der Waals surface area contributed by atoms with Crippen LogP contribution in [0.2, 0.25) is 0 Å². The molecule has 124 valence electrons. The molecule has 0 saturated carbocycles. The Morgan fingerprint density at radius 2 is 1.96 bits per heavy atom. The largest absolute Gasteiger partial charge is 0.459 e. The number of thioether (sulfide) groups is 2. The molecule has 0 radical (unpaired) electrons. The van der Waals surface area contributed by atoms with E-state index in [1.807, 2.05) is 42.8 Å². The van der Waals surface area contributed by atoms with Gasteiger partial charge in [-0.05, 0) is 12.5 Å². The molecular formula is C16H18O5S2. The van der Waals surface area contributed by atoms with Crippen LogP contribution >= 0.6 is 23.5 Å². The van der Waals surface area contributed by atoms with E-state index in [2.05, 4.69) is 0 Å². The van der Waals surface area contributed by atoms with E-state index in [4.69, 9.17) is 14.2 Å². The second kappa shape index (κ2) is 9.12. The van der Waals surface area contributed by atoms with Gasteiger partial charge in [0.2, 0.25) is 0 Å². The second-order valence-electron chi connectivity index (χ2n) is 4.68. The zero-order valence-electron chi connectivity index (χ0n) is 12.8. The monoisotopic (exact) mass is 354 g/mol. The topological polar surface area (TPSA) is 61.8 Å². The van der Waals surface area contributed by atoms with E-state index in [9.17, 15) is 9.59 Å². The molecule has 1 heterocycles. The van der Waals surface area contributed by atoms with Crippen molar-refractivity contribution in [2.45, 2.75) is 18.5 Å². The van der Waals surface area contributed by atoms with Crippen molar-refractivity contribution in [3.05, 3.63) is 46.2 Å². The van der Waals surface area contributed by atoms with Gasteiger partial charge in [-0.2, -0.15) is 0 Å². The fourth-order valence-corrected chi connectivity index (χ4v) is 3.28. The quantitative estimate of drug-likeness (QED) is 0.551. The average Bonchev–Trinajstić information content (AvgIpc) is 2.60. The highest BCUT2D eigenvalue weighted by Gasteiger charge is 2.38. The summed E-state index contributed by atoms with van der Waals surface area (Å²) in [6.45, 7) is 0.421. The van der Waals surface area contributed by atoms with Gasteiger partial charge in [0.05, 0.1) is 6.61 Å². The normalized spacial score (nSPS) is 23.8. The maximum absolute atomic E-state index is 12.5. The van der Waals surface area contributed by atoms with Crippen LogP contribution in [-0.2, 0) is 23.8 Å². The Balaban J connectivity index is 2.18. The van der Waals surface area contributed by atoms with Gasteiger partial charge in [0.15, 0.2) is 24.3 Å². The third-order valence-corrected chi connectivity index (χ3v) is 5.31. The number of ether oxygens (including phenoxy) is 3. The lowest BCUT2D eigenvalue weighted by Crippen LogP contribution is -2.46. The lowest BCUT2D eigenvalue weighted by molar-refractivity contribution is -0.252. The maximum atomic E-state index is 12.5. The standard InChI is InChI=1S/C16H18O5S2/c1-22-14(23-2)8-12(18)15-13(20-10-17)9-19-16(21-15)11-6-4-3-5-7-11/h3-8,10,13,15-16H,9H2,1-2H3/t13-,15+,16-/m1/s1. The summed E-state index contributed by atoms with van der Waals surface area (Å²) in [6, 6.07) is 9.34. The van der Waals surface area contributed by atoms with Gasteiger partial charge < -0.3 is 14.2 Å². The number of hydrogen-bond donors (Lipinski definition) is 0. The first-order valence-corrected chi connectivity index (χ1v) is 9.39. The summed E-state index contributed by atoms with van der Waals surface area (Å²) >= 11 is 2.96. The zero-order chi connectivity index (χ0) is 16.7. The first-order chi connectivity index (χ1) is 11.2. The number of carbonyl (C=O) groups excluding carboxylic acids is 2. The predicted molar refractivity (Wildman–Crippen MR) is 91.1 cm³/mol. The van der Waals surface area contributed by atoms with Gasteiger partial charge in [0.25, 0.3) is 6.47 Å². The molecule has 0 spiro atoms. The Morgan fingerprint density at radius 1 is 1.26 bits per heavy atom. The van der Waals surface area contributed by atoms with Crippen molar-refractivity contribution in [2.24, 2.45) is 0 Å². The summed E-state index contributed by atoms with van der Waals surface area (Å²) in [6.07, 6.45) is 3.03. The van der Waals surface area contributed by atoms with Crippen molar-refractivity contribution in [1.29, 1.82) is 0 Å². The molecule has 1 aliphatic rings. The van der Waals surface area contributed by atoms with E-state index in [0.717, 1.165) is 9.80 Å². The third kappa shape index (κ3) is 4.84. The number of hydrogen-bond acceptors (Lipinski definition) is 7. The van der Waals surface area contributed by atoms with Crippen molar-refractivity contribution >= 4 is 35.8 Å². The fourth-order valence-electron chi connectivity index (χ4n) is 2.15. The average molecular weight is 354 g/mol. The van der Waals surface area contributed by atoms with Crippen LogP contribution in [0.1, 0.15) is 11.9 Å². The van der Waals surface area contributed by atoms with E-state index >= 15 is 0 Å². The van der Waals surface area contributed by atoms with Crippen molar-refractivity contribution in [1.82, 2.24) is 0 Å². The Bertz CT molecular complexity index is 555. The molecule has 1 aliphatic heterocycles. The summed E-state index contributed by atoms with van der Waals surface area (Å²) in [5.74, 6) is -0.236. The molecule has 0 unspecified atom stereocenters. The van der Waals surface area contributed by atoms with E-state index in [-0.39, 0.29) is 12.4 Å². The van der Waals surface area contributed by atoms with Gasteiger partial charge in [-0.1, -0.05) is 30.3 Å². The summed E-state index contributed by atoms with van der Waals surface area (Å²) in [7, 11) is 0. The molecule has 23 heavy (non-hydrogen) atoms. The molecule has 2 rings (SSSR count). The minimum atomic E-state index is -0.881. The Kier molecular flexibility index (Phi) is 7.16. The van der Waals surface area contributed by atoms with E-state index in [1.165, 1.54) is 29.6 Å². The minimum Gasteiger partial charge on any atom is -0.459 e. The lowest BCUT2D eigenvalue weighted by Gasteiger charge is -2.34. The van der Waals surface area contributed by atoms with Crippen molar-refractivity contribution in [3.8, 4) is 0 Å². The van der Waals surface area contributed by atoms with Gasteiger partial charge in [0, 0.05) is 15.9 Å². The summed E-state index contributed by atoms with van der Waals surface area (Å²) in [5.41, 5.74) is 0.814. The second-order valence-corrected chi connectivity index (χ2v) is 6.63. The van der Waals surface area contributed by atoms with Crippen LogP contribution in [0.25, 0.3) is 0 Å². The van der Waals surface area contributed by atoms with Crippen LogP contribution in [0.15, 0.2) is 40.6 Å². The fraction of sp³-hybridized carbons (Fsp3) is 0.375. The van der Waals surface area contributed by atoms with E-state index in [1.54, 1.807) is 0 Å². The van der Waals surface area contributed by atoms with Crippen LogP contribution in [0.5, 0.6) is 0 Å². The molecule has 1 aromatic rings. The molecule has 0 bridgehead atoms. The molecule has 0 amide bonds. The third-order valence-electron chi connectivity index (χ3n) is 3.26. The van der Waals surface area contributed by atoms with Crippen molar-refractivity contribution in [2.75, 3.05) is 19.1 Å². The molecule has 7 heteroatoms. The highest BCUT2D eigenvalue weighted by Crippen LogP contribution is 2.30. The molecular weight excluding hydrogens is 336 g/mol. The van der Waals surface area contributed by atoms with Gasteiger partial charge in [-0.3, -0.25) is 9.59 Å². The zero-order valence-corrected chi connectivity index (χ0v) is 14.5. The Morgan fingerprint density at radius 3 is 2.57 bits per heavy atom. The number of ketones is 1. The molecule has 1 saturated heterocycles. The van der Waals surface area contributed by atoms with Gasteiger partial charge in [-0.15, -0.1) is 23.5 Å². The van der Waals surface area contributed by atoms with Gasteiger partial charge >= 0.3 is 0 Å². The molecule has 1 fully saturated rings. The summed E-state index contributed by atoms with van der Waals surface area (Å²) in [4.78, 5) is 23.2. The van der Waals surface area contributed by atoms with Crippen LogP contribution in [-0.4, -0.2) is 43.6 Å². The smallest absolute Gasteiger partial charge is 0.293 e. The van der Waals surface area contributed by atoms with E-state index in [0.29, 0.717) is 6.47 Å². The number of benzene rings is 1. The first-order valence-electron chi connectivity index (χ1n) is 6.94. The maximum Gasteiger partial charge on any atom is 0.293 e. The summed E-state index contributed by atoms with van der Waals surface area (Å²) in [5, 5.41) is 0. The number of carbonyl (C=O) groups is 2. The van der Waals surface area contributed by atoms with Crippen molar-refractivity contribution < 1.29 is 23.8 Å². The van der Waals surface area contributed by atoms with Crippen molar-refractivity contribution in [3.63, 3.8) is 0 Å². The number of rotatable bonds is 7. The van der Waals surface area contributed by atoms with Gasteiger partial charge in [-0.25, -0.2) is 0 Å². The summed E-state index contributed by atoms with van der Waals surface area (Å²) < 4.78 is 17.2. The molecule has 0 aromatic heterocycles. The predicted octanol–water partition coefficient (Wildman–Crippen LogP) is 2.78. The van der Waals surface area contributed by atoms with Crippen LogP contribution < -0.4 is 0 Å². The molecule has 0 aliphatic carbocycles.